The van der Waals surface area contributed by atoms with Crippen LogP contribution in [0.5, 0.6) is 0 Å². The third kappa shape index (κ3) is 5.67. The Bertz CT molecular complexity index is 1650. The van der Waals surface area contributed by atoms with Crippen LogP contribution in [0.3, 0.4) is 0 Å². The summed E-state index contributed by atoms with van der Waals surface area (Å²) in [5, 5.41) is 7.40. The monoisotopic (exact) mass is 575 g/mol. The van der Waals surface area contributed by atoms with Gasteiger partial charge in [-0.1, -0.05) is 42.5 Å². The Hall–Kier alpha value is -4.44. The van der Waals surface area contributed by atoms with E-state index in [4.69, 9.17) is 5.73 Å². The van der Waals surface area contributed by atoms with E-state index in [1.54, 1.807) is 12.1 Å². The molecule has 42 heavy (non-hydrogen) atoms. The second-order valence-electron chi connectivity index (χ2n) is 11.5. The highest BCUT2D eigenvalue weighted by Crippen LogP contribution is 2.38. The summed E-state index contributed by atoms with van der Waals surface area (Å²) in [6, 6.07) is 21.3. The lowest BCUT2D eigenvalue weighted by molar-refractivity contribution is -0.141. The van der Waals surface area contributed by atoms with Crippen LogP contribution in [-0.4, -0.2) is 33.7 Å². The fraction of sp³-hybridized carbons (Fsp3) is 0.281. The minimum atomic E-state index is -4.76. The normalized spacial score (nSPS) is 14.5. The van der Waals surface area contributed by atoms with Crippen molar-refractivity contribution >= 4 is 17.5 Å². The lowest BCUT2D eigenvalue weighted by Crippen LogP contribution is -2.39. The van der Waals surface area contributed by atoms with Crippen LogP contribution in [0.4, 0.5) is 18.9 Å². The molecule has 1 aliphatic rings. The highest BCUT2D eigenvalue weighted by atomic mass is 19.4. The molecule has 1 aliphatic heterocycles. The predicted molar refractivity (Wildman–Crippen MR) is 156 cm³/mol. The summed E-state index contributed by atoms with van der Waals surface area (Å²) < 4.78 is 42.9. The van der Waals surface area contributed by atoms with Gasteiger partial charge in [0.1, 0.15) is 5.69 Å². The van der Waals surface area contributed by atoms with E-state index < -0.39 is 23.7 Å². The first kappa shape index (κ1) is 29.1. The Kier molecular flexibility index (Phi) is 7.44. The zero-order chi connectivity index (χ0) is 30.4. The second kappa shape index (κ2) is 10.8. The first-order valence-electron chi connectivity index (χ1n) is 13.6. The molecule has 0 bridgehead atoms. The van der Waals surface area contributed by atoms with Crippen LogP contribution >= 0.6 is 0 Å². The quantitative estimate of drug-likeness (QED) is 0.282. The molecule has 0 saturated heterocycles. The van der Waals surface area contributed by atoms with Crippen molar-refractivity contribution in [1.29, 1.82) is 0 Å². The minimum Gasteiger partial charge on any atom is -0.366 e. The number of alkyl halides is 3. The summed E-state index contributed by atoms with van der Waals surface area (Å²) in [7, 11) is 0. The van der Waals surface area contributed by atoms with E-state index in [1.165, 1.54) is 29.2 Å². The van der Waals surface area contributed by atoms with Crippen molar-refractivity contribution in [2.45, 2.75) is 51.9 Å². The van der Waals surface area contributed by atoms with E-state index in [0.717, 1.165) is 21.4 Å². The number of amides is 2. The SMILES string of the molecule is CC(NC(C)(C)C)c1ccccc1-c1ccc(N2CCc3c(C(F)(F)F)nn(-c4cccc(C(N)=O)c4)c3C2=O)cc1. The van der Waals surface area contributed by atoms with E-state index in [9.17, 15) is 22.8 Å². The van der Waals surface area contributed by atoms with E-state index in [1.807, 2.05) is 30.3 Å². The lowest BCUT2D eigenvalue weighted by Gasteiger charge is -2.29. The van der Waals surface area contributed by atoms with Gasteiger partial charge in [0.2, 0.25) is 5.91 Å². The summed E-state index contributed by atoms with van der Waals surface area (Å²) in [6.45, 7) is 8.50. The number of primary amides is 1. The van der Waals surface area contributed by atoms with E-state index in [0.29, 0.717) is 5.69 Å². The molecule has 218 valence electrons. The van der Waals surface area contributed by atoms with Crippen LogP contribution in [0.15, 0.2) is 72.8 Å². The smallest absolute Gasteiger partial charge is 0.366 e. The van der Waals surface area contributed by atoms with Crippen LogP contribution in [0, 0.1) is 0 Å². The predicted octanol–water partition coefficient (Wildman–Crippen LogP) is 6.31. The molecule has 4 aromatic rings. The molecule has 1 atom stereocenters. The third-order valence-electron chi connectivity index (χ3n) is 7.23. The summed E-state index contributed by atoms with van der Waals surface area (Å²) in [6.07, 6.45) is -4.79. The van der Waals surface area contributed by atoms with Gasteiger partial charge in [-0.05, 0) is 81.1 Å². The third-order valence-corrected chi connectivity index (χ3v) is 7.23. The molecule has 0 aliphatic carbocycles. The number of carbonyl (C=O) groups is 2. The van der Waals surface area contributed by atoms with Crippen LogP contribution < -0.4 is 16.0 Å². The Balaban J connectivity index is 1.51. The van der Waals surface area contributed by atoms with Crippen molar-refractivity contribution in [3.63, 3.8) is 0 Å². The van der Waals surface area contributed by atoms with Gasteiger partial charge >= 0.3 is 6.18 Å². The van der Waals surface area contributed by atoms with Gasteiger partial charge in [0.05, 0.1) is 5.69 Å². The van der Waals surface area contributed by atoms with Gasteiger partial charge in [0.15, 0.2) is 5.69 Å². The Labute approximate surface area is 242 Å². The van der Waals surface area contributed by atoms with Gasteiger partial charge in [-0.15, -0.1) is 0 Å². The average molecular weight is 576 g/mol. The number of aromatic nitrogens is 2. The van der Waals surface area contributed by atoms with Crippen molar-refractivity contribution in [1.82, 2.24) is 15.1 Å². The molecule has 0 fully saturated rings. The topological polar surface area (TPSA) is 93.2 Å². The summed E-state index contributed by atoms with van der Waals surface area (Å²) in [4.78, 5) is 27.0. The Morgan fingerprint density at radius 3 is 2.31 bits per heavy atom. The molecule has 2 amide bonds. The minimum absolute atomic E-state index is 0.0357. The van der Waals surface area contributed by atoms with Crippen molar-refractivity contribution in [3.8, 4) is 16.8 Å². The van der Waals surface area contributed by atoms with Gasteiger partial charge in [-0.2, -0.15) is 18.3 Å². The van der Waals surface area contributed by atoms with Crippen LogP contribution in [0.2, 0.25) is 0 Å². The van der Waals surface area contributed by atoms with E-state index >= 15 is 0 Å². The van der Waals surface area contributed by atoms with E-state index in [-0.39, 0.29) is 47.1 Å². The largest absolute Gasteiger partial charge is 0.435 e. The molecular formula is C32H32F3N5O2. The van der Waals surface area contributed by atoms with Crippen molar-refractivity contribution in [3.05, 3.63) is 101 Å². The van der Waals surface area contributed by atoms with Gasteiger partial charge in [0, 0.05) is 34.9 Å². The molecule has 3 aromatic carbocycles. The van der Waals surface area contributed by atoms with Crippen molar-refractivity contribution in [2.24, 2.45) is 5.73 Å². The number of halogens is 3. The number of hydrogen-bond acceptors (Lipinski definition) is 4. The number of anilines is 1. The van der Waals surface area contributed by atoms with Gasteiger partial charge in [-0.25, -0.2) is 4.68 Å². The average Bonchev–Trinajstić information content (AvgIpc) is 3.34. The summed E-state index contributed by atoms with van der Waals surface area (Å²) >= 11 is 0. The molecule has 0 radical (unpaired) electrons. The summed E-state index contributed by atoms with van der Waals surface area (Å²) in [5.41, 5.74) is 7.74. The molecule has 5 rings (SSSR count). The van der Waals surface area contributed by atoms with Gasteiger partial charge in [0.25, 0.3) is 5.91 Å². The fourth-order valence-corrected chi connectivity index (χ4v) is 5.50. The number of nitrogens with two attached hydrogens (primary N) is 1. The first-order valence-corrected chi connectivity index (χ1v) is 13.6. The molecule has 7 nitrogen and oxygen atoms in total. The number of hydrogen-bond donors (Lipinski definition) is 2. The molecule has 3 N–H and O–H groups in total. The number of carbonyl (C=O) groups excluding carboxylic acids is 2. The summed E-state index contributed by atoms with van der Waals surface area (Å²) in [5.74, 6) is -1.35. The maximum absolute atomic E-state index is 14.0. The van der Waals surface area contributed by atoms with Crippen LogP contribution in [-0.2, 0) is 12.6 Å². The molecular weight excluding hydrogens is 543 g/mol. The van der Waals surface area contributed by atoms with Crippen LogP contribution in [0.1, 0.15) is 71.4 Å². The second-order valence-corrected chi connectivity index (χ2v) is 11.5. The van der Waals surface area contributed by atoms with E-state index in [2.05, 4.69) is 44.2 Å². The zero-order valence-electron chi connectivity index (χ0n) is 23.8. The number of nitrogens with one attached hydrogen (secondary N) is 1. The number of rotatable bonds is 6. The fourth-order valence-electron chi connectivity index (χ4n) is 5.50. The first-order chi connectivity index (χ1) is 19.7. The van der Waals surface area contributed by atoms with Gasteiger partial charge < -0.3 is 16.0 Å². The standard InChI is InChI=1S/C32H32F3N5O2/c1-19(37-31(2,3)4)24-10-5-6-11-25(24)20-12-14-22(15-13-20)39-17-16-26-27(30(39)42)40(38-28(26)32(33,34)35)23-9-7-8-21(18-23)29(36)41/h5-15,18-19,37H,16-17H2,1-4H3,(H2,36,41). The maximum atomic E-state index is 14.0. The number of fused-ring (bicyclic) bond motifs is 1. The maximum Gasteiger partial charge on any atom is 0.435 e. The van der Waals surface area contributed by atoms with Gasteiger partial charge in [-0.3, -0.25) is 9.59 Å². The van der Waals surface area contributed by atoms with Crippen molar-refractivity contribution in [2.75, 3.05) is 11.4 Å². The molecule has 1 aromatic heterocycles. The molecule has 0 saturated carbocycles. The Morgan fingerprint density at radius 2 is 1.67 bits per heavy atom. The molecule has 1 unspecified atom stereocenters. The molecule has 0 spiro atoms. The molecule has 10 heteroatoms. The lowest BCUT2D eigenvalue weighted by atomic mass is 9.93. The van der Waals surface area contributed by atoms with Crippen LogP contribution in [0.25, 0.3) is 16.8 Å². The zero-order valence-corrected chi connectivity index (χ0v) is 23.8. The highest BCUT2D eigenvalue weighted by Gasteiger charge is 2.43. The van der Waals surface area contributed by atoms with Crippen molar-refractivity contribution < 1.29 is 22.8 Å². The number of nitrogens with zero attached hydrogens (tertiary/aromatic N) is 3. The number of benzene rings is 3. The molecule has 2 heterocycles. The Morgan fingerprint density at radius 1 is 0.976 bits per heavy atom. The highest BCUT2D eigenvalue weighted by molar-refractivity contribution is 6.07.